The summed E-state index contributed by atoms with van der Waals surface area (Å²) in [5.74, 6) is -0.641. The van der Waals surface area contributed by atoms with Crippen molar-refractivity contribution in [2.45, 2.75) is 13.8 Å². The van der Waals surface area contributed by atoms with Crippen molar-refractivity contribution in [3.63, 3.8) is 0 Å². The summed E-state index contributed by atoms with van der Waals surface area (Å²) in [6.45, 7) is 3.44. The maximum atomic E-state index is 11.5. The minimum absolute atomic E-state index is 0.213. The van der Waals surface area contributed by atoms with Gasteiger partial charge >= 0.3 is 5.97 Å². The molecule has 0 radical (unpaired) electrons. The number of carbonyl (C=O) groups is 2. The highest BCUT2D eigenvalue weighted by Gasteiger charge is 2.16. The molecule has 0 aliphatic carbocycles. The number of esters is 1. The van der Waals surface area contributed by atoms with E-state index in [4.69, 9.17) is 4.74 Å². The van der Waals surface area contributed by atoms with Crippen molar-refractivity contribution in [3.8, 4) is 0 Å². The first-order valence-electron chi connectivity index (χ1n) is 4.28. The quantitative estimate of drug-likeness (QED) is 0.871. The van der Waals surface area contributed by atoms with Gasteiger partial charge in [-0.05, 0) is 28.9 Å². The van der Waals surface area contributed by atoms with Crippen LogP contribution < -0.4 is 5.32 Å². The highest BCUT2D eigenvalue weighted by Crippen LogP contribution is 2.32. The second-order valence-electron chi connectivity index (χ2n) is 2.69. The number of carbonyl (C=O) groups excluding carboxylic acids is 2. The van der Waals surface area contributed by atoms with Crippen molar-refractivity contribution in [2.75, 3.05) is 11.9 Å². The van der Waals surface area contributed by atoms with Gasteiger partial charge in [0, 0.05) is 6.92 Å². The molecule has 1 heterocycles. The molecule has 4 nitrogen and oxygen atoms in total. The van der Waals surface area contributed by atoms with Gasteiger partial charge in [-0.3, -0.25) is 4.79 Å². The van der Waals surface area contributed by atoms with Crippen molar-refractivity contribution in [3.05, 3.63) is 15.4 Å². The summed E-state index contributed by atoms with van der Waals surface area (Å²) in [4.78, 5) is 22.4. The Hall–Kier alpha value is -0.880. The molecule has 1 amide bonds. The third-order valence-electron chi connectivity index (χ3n) is 1.49. The summed E-state index contributed by atoms with van der Waals surface area (Å²) in [7, 11) is 0. The summed E-state index contributed by atoms with van der Waals surface area (Å²) in [6, 6.07) is 1.63. The summed E-state index contributed by atoms with van der Waals surface area (Å²) >= 11 is 4.53. The fourth-order valence-corrected chi connectivity index (χ4v) is 2.51. The zero-order valence-electron chi connectivity index (χ0n) is 8.30. The Labute approximate surface area is 99.8 Å². The van der Waals surface area contributed by atoms with Crippen LogP contribution in [0.4, 0.5) is 5.00 Å². The lowest BCUT2D eigenvalue weighted by atomic mass is 10.3. The van der Waals surface area contributed by atoms with Crippen LogP contribution in [0.5, 0.6) is 0 Å². The fourth-order valence-electron chi connectivity index (χ4n) is 0.974. The smallest absolute Gasteiger partial charge is 0.341 e. The van der Waals surface area contributed by atoms with E-state index >= 15 is 0 Å². The van der Waals surface area contributed by atoms with E-state index < -0.39 is 5.97 Å². The monoisotopic (exact) mass is 291 g/mol. The summed E-state index contributed by atoms with van der Waals surface area (Å²) in [5.41, 5.74) is 0.379. The van der Waals surface area contributed by atoms with E-state index in [1.165, 1.54) is 18.3 Å². The van der Waals surface area contributed by atoms with E-state index in [0.29, 0.717) is 17.2 Å². The van der Waals surface area contributed by atoms with Gasteiger partial charge in [-0.25, -0.2) is 4.79 Å². The van der Waals surface area contributed by atoms with Crippen LogP contribution >= 0.6 is 27.3 Å². The molecular formula is C9H10BrNO3S. The molecule has 0 aliphatic heterocycles. The molecule has 0 saturated heterocycles. The van der Waals surface area contributed by atoms with Gasteiger partial charge < -0.3 is 10.1 Å². The van der Waals surface area contributed by atoms with E-state index in [9.17, 15) is 9.59 Å². The lowest BCUT2D eigenvalue weighted by Crippen LogP contribution is -2.10. The van der Waals surface area contributed by atoms with Gasteiger partial charge in [0.05, 0.1) is 16.0 Å². The molecule has 6 heteroatoms. The SMILES string of the molecule is CCOC(=O)c1cc(Br)sc1NC(C)=O. The lowest BCUT2D eigenvalue weighted by molar-refractivity contribution is -0.114. The topological polar surface area (TPSA) is 55.4 Å². The first-order valence-corrected chi connectivity index (χ1v) is 5.89. The van der Waals surface area contributed by atoms with E-state index in [1.54, 1.807) is 13.0 Å². The second-order valence-corrected chi connectivity index (χ2v) is 5.13. The summed E-state index contributed by atoms with van der Waals surface area (Å²) in [6.07, 6.45) is 0. The number of thiophene rings is 1. The molecule has 0 fully saturated rings. The van der Waals surface area contributed by atoms with Crippen LogP contribution in [-0.4, -0.2) is 18.5 Å². The van der Waals surface area contributed by atoms with E-state index in [1.807, 2.05) is 0 Å². The zero-order chi connectivity index (χ0) is 11.4. The van der Waals surface area contributed by atoms with E-state index in [-0.39, 0.29) is 5.91 Å². The third kappa shape index (κ3) is 3.32. The molecule has 1 rings (SSSR count). The van der Waals surface area contributed by atoms with E-state index in [0.717, 1.165) is 3.79 Å². The number of nitrogens with one attached hydrogen (secondary N) is 1. The maximum absolute atomic E-state index is 11.5. The van der Waals surface area contributed by atoms with Crippen LogP contribution in [0, 0.1) is 0 Å². The minimum atomic E-state index is -0.428. The maximum Gasteiger partial charge on any atom is 0.341 e. The van der Waals surface area contributed by atoms with Gasteiger partial charge in [0.15, 0.2) is 0 Å². The Morgan fingerprint density at radius 2 is 2.27 bits per heavy atom. The highest BCUT2D eigenvalue weighted by molar-refractivity contribution is 9.11. The molecular weight excluding hydrogens is 282 g/mol. The van der Waals surface area contributed by atoms with Crippen molar-refractivity contribution in [1.29, 1.82) is 0 Å². The molecule has 0 aromatic carbocycles. The lowest BCUT2D eigenvalue weighted by Gasteiger charge is -2.02. The van der Waals surface area contributed by atoms with Crippen LogP contribution in [0.25, 0.3) is 0 Å². The molecule has 0 spiro atoms. The average Bonchev–Trinajstić information content (AvgIpc) is 2.46. The standard InChI is InChI=1S/C9H10BrNO3S/c1-3-14-9(13)6-4-7(10)15-8(6)11-5(2)12/h4H,3H2,1-2H3,(H,11,12). The summed E-state index contributed by atoms with van der Waals surface area (Å²) < 4.78 is 5.63. The molecule has 0 saturated carbocycles. The van der Waals surface area contributed by atoms with Crippen LogP contribution in [0.15, 0.2) is 9.85 Å². The Balaban J connectivity index is 2.95. The Morgan fingerprint density at radius 1 is 1.60 bits per heavy atom. The molecule has 0 aliphatic rings. The molecule has 15 heavy (non-hydrogen) atoms. The van der Waals surface area contributed by atoms with Gasteiger partial charge in [-0.2, -0.15) is 0 Å². The van der Waals surface area contributed by atoms with Crippen molar-refractivity contribution in [1.82, 2.24) is 0 Å². The van der Waals surface area contributed by atoms with Gasteiger partial charge in [-0.15, -0.1) is 11.3 Å². The van der Waals surface area contributed by atoms with Gasteiger partial charge in [0.1, 0.15) is 5.00 Å². The number of halogens is 1. The zero-order valence-corrected chi connectivity index (χ0v) is 10.7. The number of hydrogen-bond donors (Lipinski definition) is 1. The Kier molecular flexibility index (Phi) is 4.28. The normalized spacial score (nSPS) is 9.80. The van der Waals surface area contributed by atoms with Crippen molar-refractivity contribution >= 4 is 44.1 Å². The first-order chi connectivity index (χ1) is 7.04. The largest absolute Gasteiger partial charge is 0.462 e. The molecule has 0 atom stereocenters. The van der Waals surface area contributed by atoms with Crippen LogP contribution in [0.2, 0.25) is 0 Å². The number of anilines is 1. The molecule has 0 bridgehead atoms. The fraction of sp³-hybridized carbons (Fsp3) is 0.333. The summed E-state index contributed by atoms with van der Waals surface area (Å²) in [5, 5.41) is 3.09. The van der Waals surface area contributed by atoms with Crippen LogP contribution in [0.1, 0.15) is 24.2 Å². The number of amides is 1. The average molecular weight is 292 g/mol. The van der Waals surface area contributed by atoms with Gasteiger partial charge in [-0.1, -0.05) is 0 Å². The Bertz CT molecular complexity index is 389. The first kappa shape index (κ1) is 12.2. The predicted molar refractivity (Wildman–Crippen MR) is 62.3 cm³/mol. The molecule has 1 aromatic rings. The minimum Gasteiger partial charge on any atom is -0.462 e. The van der Waals surface area contributed by atoms with Crippen molar-refractivity contribution < 1.29 is 14.3 Å². The van der Waals surface area contributed by atoms with Gasteiger partial charge in [0.25, 0.3) is 0 Å². The second kappa shape index (κ2) is 5.27. The third-order valence-corrected chi connectivity index (χ3v) is 3.04. The Morgan fingerprint density at radius 3 is 2.80 bits per heavy atom. The number of hydrogen-bond acceptors (Lipinski definition) is 4. The predicted octanol–water partition coefficient (Wildman–Crippen LogP) is 2.65. The van der Waals surface area contributed by atoms with Crippen LogP contribution in [0.3, 0.4) is 0 Å². The highest BCUT2D eigenvalue weighted by atomic mass is 79.9. The number of rotatable bonds is 3. The molecule has 1 aromatic heterocycles. The van der Waals surface area contributed by atoms with E-state index in [2.05, 4.69) is 21.2 Å². The molecule has 1 N–H and O–H groups in total. The molecule has 0 unspecified atom stereocenters. The van der Waals surface area contributed by atoms with Crippen LogP contribution in [-0.2, 0) is 9.53 Å². The van der Waals surface area contributed by atoms with Gasteiger partial charge in [0.2, 0.25) is 5.91 Å². The van der Waals surface area contributed by atoms with Crippen molar-refractivity contribution in [2.24, 2.45) is 0 Å². The molecule has 82 valence electrons. The number of ether oxygens (including phenoxy) is 1.